The van der Waals surface area contributed by atoms with Crippen molar-refractivity contribution in [2.24, 2.45) is 0 Å². The molecule has 1 aliphatic rings. The lowest BCUT2D eigenvalue weighted by molar-refractivity contribution is 0.0536. The number of aromatic amines is 1. The van der Waals surface area contributed by atoms with E-state index in [1.165, 1.54) is 5.56 Å². The normalized spacial score (nSPS) is 17.3. The predicted molar refractivity (Wildman–Crippen MR) is 137 cm³/mol. The molecule has 9 nitrogen and oxygen atoms in total. The molecule has 0 radical (unpaired) electrons. The van der Waals surface area contributed by atoms with Crippen LogP contribution in [0.25, 0.3) is 10.9 Å². The fourth-order valence-electron chi connectivity index (χ4n) is 4.95. The maximum atomic E-state index is 13.6. The van der Waals surface area contributed by atoms with E-state index in [9.17, 15) is 4.79 Å². The molecular formula is C27H34N6O3. The van der Waals surface area contributed by atoms with E-state index in [1.807, 2.05) is 28.9 Å². The van der Waals surface area contributed by atoms with E-state index in [0.29, 0.717) is 24.5 Å². The third-order valence-corrected chi connectivity index (χ3v) is 6.78. The van der Waals surface area contributed by atoms with Gasteiger partial charge in [-0.25, -0.2) is 4.68 Å². The fraction of sp³-hybridized carbons (Fsp3) is 0.481. The quantitative estimate of drug-likeness (QED) is 0.395. The first-order chi connectivity index (χ1) is 17.3. The molecule has 0 aliphatic carbocycles. The lowest BCUT2D eigenvalue weighted by atomic mass is 10.00. The molecule has 0 amide bonds. The summed E-state index contributed by atoms with van der Waals surface area (Å²) < 4.78 is 13.6. The molecule has 4 aromatic rings. The van der Waals surface area contributed by atoms with E-state index in [0.717, 1.165) is 42.5 Å². The second-order valence-corrected chi connectivity index (χ2v) is 10.5. The second-order valence-electron chi connectivity index (χ2n) is 10.5. The molecule has 1 fully saturated rings. The SMILES string of the molecule is CCc1ccc2[nH]c(=O)c([C@@H](c3nnnn3C(C)(C)C)N(Cc3ccco3)C[C@@H]3CCCO3)cc2c1. The van der Waals surface area contributed by atoms with Crippen LogP contribution in [0.5, 0.6) is 0 Å². The number of benzene rings is 1. The zero-order valence-electron chi connectivity index (χ0n) is 21.4. The number of nitrogens with one attached hydrogen (secondary N) is 1. The van der Waals surface area contributed by atoms with Crippen molar-refractivity contribution in [3.05, 3.63) is 75.7 Å². The van der Waals surface area contributed by atoms with Crippen molar-refractivity contribution in [2.75, 3.05) is 13.2 Å². The minimum absolute atomic E-state index is 0.0626. The van der Waals surface area contributed by atoms with Crippen molar-refractivity contribution in [3.8, 4) is 0 Å². The molecule has 3 aromatic heterocycles. The number of tetrazole rings is 1. The van der Waals surface area contributed by atoms with E-state index in [2.05, 4.69) is 65.2 Å². The van der Waals surface area contributed by atoms with E-state index in [1.54, 1.807) is 6.26 Å². The molecule has 0 bridgehead atoms. The lowest BCUT2D eigenvalue weighted by Crippen LogP contribution is -2.40. The van der Waals surface area contributed by atoms with Gasteiger partial charge in [0.2, 0.25) is 0 Å². The molecule has 2 atom stereocenters. The van der Waals surface area contributed by atoms with Crippen LogP contribution in [-0.2, 0) is 23.2 Å². The Morgan fingerprint density at radius 1 is 1.25 bits per heavy atom. The van der Waals surface area contributed by atoms with Crippen LogP contribution >= 0.6 is 0 Å². The van der Waals surface area contributed by atoms with Crippen molar-refractivity contribution in [1.29, 1.82) is 0 Å². The number of aryl methyl sites for hydroxylation is 1. The number of pyridine rings is 1. The Hall–Kier alpha value is -3.30. The van der Waals surface area contributed by atoms with Crippen LogP contribution in [0.2, 0.25) is 0 Å². The number of fused-ring (bicyclic) bond motifs is 1. The van der Waals surface area contributed by atoms with Gasteiger partial charge in [-0.15, -0.1) is 5.10 Å². The number of furan rings is 1. The summed E-state index contributed by atoms with van der Waals surface area (Å²) in [4.78, 5) is 18.9. The maximum Gasteiger partial charge on any atom is 0.253 e. The Labute approximate surface area is 210 Å². The van der Waals surface area contributed by atoms with Gasteiger partial charge in [-0.05, 0) is 91.7 Å². The van der Waals surface area contributed by atoms with Gasteiger partial charge in [0, 0.05) is 24.2 Å². The largest absolute Gasteiger partial charge is 0.468 e. The van der Waals surface area contributed by atoms with Gasteiger partial charge in [0.1, 0.15) is 11.8 Å². The summed E-state index contributed by atoms with van der Waals surface area (Å²) in [6.45, 7) is 10.1. The van der Waals surface area contributed by atoms with Crippen molar-refractivity contribution >= 4 is 10.9 Å². The standard InChI is InChI=1S/C27H34N6O3/c1-5-18-10-11-23-19(14-18)15-22(26(34)28-23)24(25-29-30-31-33(25)27(2,3)4)32(16-20-8-6-12-35-20)17-21-9-7-13-36-21/h6,8,10-12,14-15,21,24H,5,7,9,13,16-17H2,1-4H3,(H,28,34)/t21-,24-/m0/s1. The van der Waals surface area contributed by atoms with Gasteiger partial charge < -0.3 is 14.1 Å². The van der Waals surface area contributed by atoms with Gasteiger partial charge >= 0.3 is 0 Å². The van der Waals surface area contributed by atoms with Crippen LogP contribution in [0.1, 0.15) is 69.3 Å². The maximum absolute atomic E-state index is 13.6. The summed E-state index contributed by atoms with van der Waals surface area (Å²) in [6.07, 6.45) is 4.65. The van der Waals surface area contributed by atoms with Crippen LogP contribution in [0.15, 0.2) is 51.9 Å². The Bertz CT molecular complexity index is 1360. The summed E-state index contributed by atoms with van der Waals surface area (Å²) in [6, 6.07) is 11.5. The average molecular weight is 491 g/mol. The minimum atomic E-state index is -0.507. The summed E-state index contributed by atoms with van der Waals surface area (Å²) in [5, 5.41) is 13.8. The van der Waals surface area contributed by atoms with Crippen LogP contribution < -0.4 is 5.56 Å². The molecule has 1 N–H and O–H groups in total. The second kappa shape index (κ2) is 9.99. The number of rotatable bonds is 8. The molecule has 36 heavy (non-hydrogen) atoms. The number of nitrogens with zero attached hydrogens (tertiary/aromatic N) is 5. The molecule has 1 aliphatic heterocycles. The Morgan fingerprint density at radius 2 is 2.11 bits per heavy atom. The summed E-state index contributed by atoms with van der Waals surface area (Å²) in [5.41, 5.74) is 2.09. The first-order valence-corrected chi connectivity index (χ1v) is 12.7. The van der Waals surface area contributed by atoms with Gasteiger partial charge in [-0.2, -0.15) is 0 Å². The summed E-state index contributed by atoms with van der Waals surface area (Å²) in [5.74, 6) is 1.42. The Kier molecular flexibility index (Phi) is 6.77. The van der Waals surface area contributed by atoms with Crippen LogP contribution in [0.4, 0.5) is 0 Å². The van der Waals surface area contributed by atoms with Gasteiger partial charge in [0.05, 0.1) is 24.5 Å². The van der Waals surface area contributed by atoms with E-state index in [-0.39, 0.29) is 17.2 Å². The molecule has 1 aromatic carbocycles. The van der Waals surface area contributed by atoms with Crippen LogP contribution in [0.3, 0.4) is 0 Å². The molecule has 9 heteroatoms. The highest BCUT2D eigenvalue weighted by molar-refractivity contribution is 5.80. The van der Waals surface area contributed by atoms with Crippen molar-refractivity contribution in [1.82, 2.24) is 30.1 Å². The first kappa shape index (κ1) is 24.4. The first-order valence-electron chi connectivity index (χ1n) is 12.7. The highest BCUT2D eigenvalue weighted by atomic mass is 16.5. The number of aromatic nitrogens is 5. The minimum Gasteiger partial charge on any atom is -0.468 e. The highest BCUT2D eigenvalue weighted by Gasteiger charge is 2.35. The molecule has 0 saturated carbocycles. The van der Waals surface area contributed by atoms with Crippen LogP contribution in [0, 0.1) is 0 Å². The van der Waals surface area contributed by atoms with Gasteiger partial charge in [0.25, 0.3) is 5.56 Å². The third kappa shape index (κ3) is 4.99. The van der Waals surface area contributed by atoms with Crippen LogP contribution in [-0.4, -0.2) is 49.3 Å². The van der Waals surface area contributed by atoms with E-state index < -0.39 is 6.04 Å². The van der Waals surface area contributed by atoms with Gasteiger partial charge in [-0.3, -0.25) is 9.69 Å². The molecule has 190 valence electrons. The smallest absolute Gasteiger partial charge is 0.253 e. The zero-order valence-corrected chi connectivity index (χ0v) is 21.4. The molecule has 4 heterocycles. The molecule has 0 spiro atoms. The van der Waals surface area contributed by atoms with Crippen molar-refractivity contribution in [2.45, 2.75) is 71.2 Å². The molecule has 1 saturated heterocycles. The fourth-order valence-corrected chi connectivity index (χ4v) is 4.95. The Morgan fingerprint density at radius 3 is 2.81 bits per heavy atom. The molecule has 5 rings (SSSR count). The highest BCUT2D eigenvalue weighted by Crippen LogP contribution is 2.32. The molecule has 0 unspecified atom stereocenters. The van der Waals surface area contributed by atoms with Gasteiger partial charge in [0.15, 0.2) is 5.82 Å². The van der Waals surface area contributed by atoms with Crippen molar-refractivity contribution in [3.63, 3.8) is 0 Å². The van der Waals surface area contributed by atoms with Gasteiger partial charge in [-0.1, -0.05) is 13.0 Å². The van der Waals surface area contributed by atoms with Crippen molar-refractivity contribution < 1.29 is 9.15 Å². The van der Waals surface area contributed by atoms with E-state index in [4.69, 9.17) is 9.15 Å². The third-order valence-electron chi connectivity index (χ3n) is 6.78. The molecular weight excluding hydrogens is 456 g/mol. The predicted octanol–water partition coefficient (Wildman–Crippen LogP) is 4.20. The number of ether oxygens (including phenoxy) is 1. The number of hydrogen-bond donors (Lipinski definition) is 1. The average Bonchev–Trinajstić information content (AvgIpc) is 3.62. The van der Waals surface area contributed by atoms with E-state index >= 15 is 0 Å². The summed E-state index contributed by atoms with van der Waals surface area (Å²) >= 11 is 0. The summed E-state index contributed by atoms with van der Waals surface area (Å²) in [7, 11) is 0. The lowest BCUT2D eigenvalue weighted by Gasteiger charge is -2.33. The topological polar surface area (TPSA) is 102 Å². The zero-order chi connectivity index (χ0) is 25.3. The monoisotopic (exact) mass is 490 g/mol. The number of H-pyrrole nitrogens is 1. The Balaban J connectivity index is 1.69. The number of hydrogen-bond acceptors (Lipinski definition) is 7.